The molecule has 0 heterocycles. The number of carboxylic acid groups (broad SMARTS) is 1. The van der Waals surface area contributed by atoms with Gasteiger partial charge in [-0.2, -0.15) is 4.31 Å². The molecule has 1 aromatic carbocycles. The highest BCUT2D eigenvalue weighted by Crippen LogP contribution is 2.04. The summed E-state index contributed by atoms with van der Waals surface area (Å²) in [5.41, 5.74) is 0.765. The summed E-state index contributed by atoms with van der Waals surface area (Å²) in [6.07, 6.45) is 1.10. The van der Waals surface area contributed by atoms with Crippen molar-refractivity contribution in [3.8, 4) is 0 Å². The number of rotatable bonds is 7. The largest absolute Gasteiger partial charge is 0.480 e. The maximum atomic E-state index is 11.7. The standard InChI is InChI=1S/C13H18N2O5S/c1-15(21(2,19)20)9-12(16)14-11(13(17)18)8-10-6-4-3-5-7-10/h3-7,11H,8-9H2,1-2H3,(H,14,16)(H,17,18)/t11-/m0/s1. The van der Waals surface area contributed by atoms with Crippen LogP contribution >= 0.6 is 0 Å². The van der Waals surface area contributed by atoms with Crippen LogP contribution in [0.15, 0.2) is 30.3 Å². The van der Waals surface area contributed by atoms with Crippen LogP contribution in [0.2, 0.25) is 0 Å². The second-order valence-corrected chi connectivity index (χ2v) is 6.76. The van der Waals surface area contributed by atoms with Gasteiger partial charge in [-0.15, -0.1) is 0 Å². The summed E-state index contributed by atoms with van der Waals surface area (Å²) in [7, 11) is -2.24. The lowest BCUT2D eigenvalue weighted by molar-refractivity contribution is -0.141. The number of aliphatic carboxylic acids is 1. The third kappa shape index (κ3) is 5.92. The molecule has 116 valence electrons. The van der Waals surface area contributed by atoms with E-state index in [1.807, 2.05) is 0 Å². The van der Waals surface area contributed by atoms with E-state index in [0.29, 0.717) is 0 Å². The Morgan fingerprint density at radius 2 is 1.86 bits per heavy atom. The van der Waals surface area contributed by atoms with Crippen molar-refractivity contribution in [3.05, 3.63) is 35.9 Å². The van der Waals surface area contributed by atoms with E-state index in [4.69, 9.17) is 5.11 Å². The van der Waals surface area contributed by atoms with Crippen molar-refractivity contribution in [2.24, 2.45) is 0 Å². The van der Waals surface area contributed by atoms with E-state index in [1.165, 1.54) is 7.05 Å². The predicted molar refractivity (Wildman–Crippen MR) is 77.2 cm³/mol. The fourth-order valence-electron chi connectivity index (χ4n) is 1.61. The van der Waals surface area contributed by atoms with Gasteiger partial charge in [-0.1, -0.05) is 30.3 Å². The zero-order valence-corrected chi connectivity index (χ0v) is 12.6. The number of nitrogens with zero attached hydrogens (tertiary/aromatic N) is 1. The molecule has 1 rings (SSSR count). The third-order valence-corrected chi connectivity index (χ3v) is 4.11. The van der Waals surface area contributed by atoms with Crippen molar-refractivity contribution in [1.82, 2.24) is 9.62 Å². The van der Waals surface area contributed by atoms with Crippen LogP contribution in [0, 0.1) is 0 Å². The van der Waals surface area contributed by atoms with Crippen LogP contribution in [-0.4, -0.2) is 55.6 Å². The van der Waals surface area contributed by atoms with Gasteiger partial charge in [0.25, 0.3) is 0 Å². The first-order valence-electron chi connectivity index (χ1n) is 6.17. The number of amides is 1. The molecule has 1 amide bonds. The van der Waals surface area contributed by atoms with Gasteiger partial charge in [0.05, 0.1) is 12.8 Å². The molecule has 0 aromatic heterocycles. The van der Waals surface area contributed by atoms with Crippen molar-refractivity contribution in [3.63, 3.8) is 0 Å². The summed E-state index contributed by atoms with van der Waals surface area (Å²) < 4.78 is 23.3. The summed E-state index contributed by atoms with van der Waals surface area (Å²) in [5.74, 6) is -1.83. The minimum Gasteiger partial charge on any atom is -0.480 e. The molecule has 0 bridgehead atoms. The molecular formula is C13H18N2O5S. The van der Waals surface area contributed by atoms with E-state index in [1.54, 1.807) is 30.3 Å². The minimum atomic E-state index is -3.49. The highest BCUT2D eigenvalue weighted by Gasteiger charge is 2.22. The number of sulfonamides is 1. The smallest absolute Gasteiger partial charge is 0.326 e. The highest BCUT2D eigenvalue weighted by molar-refractivity contribution is 7.88. The molecule has 0 saturated carbocycles. The Kier molecular flexibility index (Phi) is 5.86. The molecule has 1 atom stereocenters. The van der Waals surface area contributed by atoms with E-state index in [0.717, 1.165) is 16.1 Å². The summed E-state index contributed by atoms with van der Waals surface area (Å²) in [6.45, 7) is -0.419. The molecular weight excluding hydrogens is 296 g/mol. The van der Waals surface area contributed by atoms with Crippen LogP contribution in [0.5, 0.6) is 0 Å². The first-order chi connectivity index (χ1) is 9.70. The summed E-state index contributed by atoms with van der Waals surface area (Å²) in [6, 6.07) is 7.75. The Balaban J connectivity index is 2.67. The average Bonchev–Trinajstić information content (AvgIpc) is 2.37. The number of benzene rings is 1. The van der Waals surface area contributed by atoms with E-state index >= 15 is 0 Å². The lowest BCUT2D eigenvalue weighted by atomic mass is 10.1. The van der Waals surface area contributed by atoms with Gasteiger partial charge in [-0.3, -0.25) is 4.79 Å². The van der Waals surface area contributed by atoms with Crippen LogP contribution in [0.1, 0.15) is 5.56 Å². The Labute approximate surface area is 123 Å². The number of hydrogen-bond donors (Lipinski definition) is 2. The molecule has 0 aliphatic rings. The first kappa shape index (κ1) is 17.1. The average molecular weight is 314 g/mol. The van der Waals surface area contributed by atoms with Crippen LogP contribution in [-0.2, 0) is 26.0 Å². The van der Waals surface area contributed by atoms with Gasteiger partial charge in [-0.25, -0.2) is 13.2 Å². The number of hydrogen-bond acceptors (Lipinski definition) is 4. The fourth-order valence-corrected chi connectivity index (χ4v) is 1.96. The van der Waals surface area contributed by atoms with Gasteiger partial charge in [0.1, 0.15) is 6.04 Å². The lowest BCUT2D eigenvalue weighted by Gasteiger charge is -2.17. The zero-order chi connectivity index (χ0) is 16.0. The van der Waals surface area contributed by atoms with E-state index in [2.05, 4.69) is 5.32 Å². The summed E-state index contributed by atoms with van der Waals surface area (Å²) in [4.78, 5) is 22.9. The molecule has 1 aromatic rings. The first-order valence-corrected chi connectivity index (χ1v) is 8.02. The normalized spacial score (nSPS) is 12.9. The van der Waals surface area contributed by atoms with Crippen LogP contribution in [0.4, 0.5) is 0 Å². The summed E-state index contributed by atoms with van der Waals surface area (Å²) in [5, 5.41) is 11.5. The quantitative estimate of drug-likeness (QED) is 0.718. The SMILES string of the molecule is CN(CC(=O)N[C@@H](Cc1ccccc1)C(=O)O)S(C)(=O)=O. The second kappa shape index (κ2) is 7.19. The number of nitrogens with one attached hydrogen (secondary N) is 1. The Bertz CT molecular complexity index is 600. The van der Waals surface area contributed by atoms with Crippen molar-refractivity contribution in [1.29, 1.82) is 0 Å². The van der Waals surface area contributed by atoms with Gasteiger partial charge < -0.3 is 10.4 Å². The minimum absolute atomic E-state index is 0.129. The Hall–Kier alpha value is -1.93. The third-order valence-electron chi connectivity index (χ3n) is 2.85. The molecule has 0 saturated heterocycles. The van der Waals surface area contributed by atoms with Crippen LogP contribution in [0.25, 0.3) is 0 Å². The van der Waals surface area contributed by atoms with Crippen molar-refractivity contribution in [2.45, 2.75) is 12.5 Å². The van der Waals surface area contributed by atoms with Crippen LogP contribution < -0.4 is 5.32 Å². The molecule has 0 aliphatic heterocycles. The van der Waals surface area contributed by atoms with Gasteiger partial charge in [0, 0.05) is 13.5 Å². The highest BCUT2D eigenvalue weighted by atomic mass is 32.2. The van der Waals surface area contributed by atoms with Gasteiger partial charge in [-0.05, 0) is 5.56 Å². The van der Waals surface area contributed by atoms with E-state index < -0.39 is 34.5 Å². The molecule has 0 radical (unpaired) electrons. The molecule has 8 heteroatoms. The number of carbonyl (C=O) groups excluding carboxylic acids is 1. The molecule has 0 aliphatic carbocycles. The van der Waals surface area contributed by atoms with Gasteiger partial charge >= 0.3 is 5.97 Å². The monoisotopic (exact) mass is 314 g/mol. The second-order valence-electron chi connectivity index (χ2n) is 4.67. The number of carbonyl (C=O) groups is 2. The van der Waals surface area contributed by atoms with Gasteiger partial charge in [0.15, 0.2) is 0 Å². The fraction of sp³-hybridized carbons (Fsp3) is 0.385. The summed E-state index contributed by atoms with van der Waals surface area (Å²) >= 11 is 0. The van der Waals surface area contributed by atoms with Gasteiger partial charge in [0.2, 0.25) is 15.9 Å². The molecule has 21 heavy (non-hydrogen) atoms. The zero-order valence-electron chi connectivity index (χ0n) is 11.8. The maximum Gasteiger partial charge on any atom is 0.326 e. The van der Waals surface area contributed by atoms with E-state index in [9.17, 15) is 18.0 Å². The number of carboxylic acids is 1. The Morgan fingerprint density at radius 1 is 1.29 bits per heavy atom. The maximum absolute atomic E-state index is 11.7. The van der Waals surface area contributed by atoms with Crippen molar-refractivity contribution in [2.75, 3.05) is 19.8 Å². The van der Waals surface area contributed by atoms with Crippen molar-refractivity contribution < 1.29 is 23.1 Å². The molecule has 0 spiro atoms. The van der Waals surface area contributed by atoms with E-state index in [-0.39, 0.29) is 6.42 Å². The Morgan fingerprint density at radius 3 is 2.33 bits per heavy atom. The lowest BCUT2D eigenvalue weighted by Crippen LogP contribution is -2.46. The van der Waals surface area contributed by atoms with Crippen LogP contribution in [0.3, 0.4) is 0 Å². The van der Waals surface area contributed by atoms with Crippen molar-refractivity contribution >= 4 is 21.9 Å². The molecule has 7 nitrogen and oxygen atoms in total. The molecule has 0 unspecified atom stereocenters. The molecule has 2 N–H and O–H groups in total. The number of likely N-dealkylation sites (N-methyl/N-ethyl adjacent to an activating group) is 1. The molecule has 0 fully saturated rings. The topological polar surface area (TPSA) is 104 Å². The predicted octanol–water partition coefficient (Wildman–Crippen LogP) is -0.310.